The van der Waals surface area contributed by atoms with Crippen molar-refractivity contribution in [2.24, 2.45) is 0 Å². The first kappa shape index (κ1) is 15.0. The van der Waals surface area contributed by atoms with Gasteiger partial charge in [-0.1, -0.05) is 12.6 Å². The smallest absolute Gasteiger partial charge is 0.257 e. The normalized spacial score (nSPS) is 9.84. The van der Waals surface area contributed by atoms with E-state index in [4.69, 9.17) is 4.74 Å². The molecule has 0 saturated heterocycles. The summed E-state index contributed by atoms with van der Waals surface area (Å²) >= 11 is 0. The van der Waals surface area contributed by atoms with Gasteiger partial charge in [0.2, 0.25) is 0 Å². The number of carbonyl (C=O) groups excluding carboxylic acids is 1. The standard InChI is InChI=1S/C14H19FN2O2/c1-10-4-5-12(8-13(10)15)19-9-14(18)17-7-6-11(2)16-3/h4-5,8,16H,2,6-7,9H2,1,3H3,(H,17,18). The predicted molar refractivity (Wildman–Crippen MR) is 72.5 cm³/mol. The molecule has 0 aliphatic heterocycles. The van der Waals surface area contributed by atoms with Gasteiger partial charge in [0.15, 0.2) is 6.61 Å². The van der Waals surface area contributed by atoms with Crippen molar-refractivity contribution < 1.29 is 13.9 Å². The molecule has 0 aliphatic carbocycles. The van der Waals surface area contributed by atoms with Gasteiger partial charge in [0.1, 0.15) is 11.6 Å². The van der Waals surface area contributed by atoms with E-state index >= 15 is 0 Å². The molecule has 104 valence electrons. The third kappa shape index (κ3) is 5.42. The maximum atomic E-state index is 13.2. The fraction of sp³-hybridized carbons (Fsp3) is 0.357. The second-order valence-electron chi connectivity index (χ2n) is 4.15. The van der Waals surface area contributed by atoms with E-state index in [1.54, 1.807) is 26.1 Å². The Kier molecular flexibility index (Phi) is 5.85. The highest BCUT2D eigenvalue weighted by molar-refractivity contribution is 5.77. The molecule has 0 spiro atoms. The van der Waals surface area contributed by atoms with Crippen LogP contribution < -0.4 is 15.4 Å². The molecule has 1 aromatic carbocycles. The average molecular weight is 266 g/mol. The van der Waals surface area contributed by atoms with Crippen LogP contribution in [0.2, 0.25) is 0 Å². The van der Waals surface area contributed by atoms with Gasteiger partial charge in [-0.15, -0.1) is 0 Å². The van der Waals surface area contributed by atoms with Crippen LogP contribution in [0.3, 0.4) is 0 Å². The molecule has 5 heteroatoms. The summed E-state index contributed by atoms with van der Waals surface area (Å²) in [5.41, 5.74) is 1.39. The van der Waals surface area contributed by atoms with E-state index < -0.39 is 0 Å². The van der Waals surface area contributed by atoms with Gasteiger partial charge in [0, 0.05) is 31.8 Å². The zero-order valence-corrected chi connectivity index (χ0v) is 11.3. The molecule has 0 radical (unpaired) electrons. The summed E-state index contributed by atoms with van der Waals surface area (Å²) in [4.78, 5) is 11.5. The van der Waals surface area contributed by atoms with E-state index in [0.29, 0.717) is 24.3 Å². The Morgan fingerprint density at radius 2 is 2.21 bits per heavy atom. The van der Waals surface area contributed by atoms with Gasteiger partial charge in [-0.25, -0.2) is 4.39 Å². The molecule has 1 aromatic rings. The number of nitrogens with one attached hydrogen (secondary N) is 2. The van der Waals surface area contributed by atoms with Crippen LogP contribution in [0.1, 0.15) is 12.0 Å². The fourth-order valence-corrected chi connectivity index (χ4v) is 1.34. The molecule has 0 atom stereocenters. The van der Waals surface area contributed by atoms with Crippen LogP contribution in [0, 0.1) is 12.7 Å². The Bertz CT molecular complexity index is 461. The van der Waals surface area contributed by atoms with E-state index in [1.165, 1.54) is 6.07 Å². The number of halogens is 1. The van der Waals surface area contributed by atoms with E-state index in [9.17, 15) is 9.18 Å². The van der Waals surface area contributed by atoms with Crippen LogP contribution in [0.4, 0.5) is 4.39 Å². The lowest BCUT2D eigenvalue weighted by molar-refractivity contribution is -0.123. The van der Waals surface area contributed by atoms with Crippen molar-refractivity contribution in [1.82, 2.24) is 10.6 Å². The maximum Gasteiger partial charge on any atom is 0.257 e. The number of carbonyl (C=O) groups is 1. The average Bonchev–Trinajstić information content (AvgIpc) is 2.40. The predicted octanol–water partition coefficient (Wildman–Crippen LogP) is 1.75. The monoisotopic (exact) mass is 266 g/mol. The molecule has 1 rings (SSSR count). The quantitative estimate of drug-likeness (QED) is 0.790. The summed E-state index contributed by atoms with van der Waals surface area (Å²) in [7, 11) is 1.78. The minimum atomic E-state index is -0.344. The molecule has 0 fully saturated rings. The molecule has 0 bridgehead atoms. The van der Waals surface area contributed by atoms with Gasteiger partial charge in [-0.3, -0.25) is 4.79 Å². The molecule has 4 nitrogen and oxygen atoms in total. The van der Waals surface area contributed by atoms with E-state index in [1.807, 2.05) is 0 Å². The molecule has 0 saturated carbocycles. The number of rotatable bonds is 7. The van der Waals surface area contributed by atoms with Crippen molar-refractivity contribution >= 4 is 5.91 Å². The number of amides is 1. The van der Waals surface area contributed by atoms with Gasteiger partial charge in [-0.05, 0) is 18.6 Å². The van der Waals surface area contributed by atoms with Crippen LogP contribution in [0.5, 0.6) is 5.75 Å². The van der Waals surface area contributed by atoms with Crippen molar-refractivity contribution in [3.8, 4) is 5.75 Å². The third-order valence-corrected chi connectivity index (χ3v) is 2.62. The zero-order chi connectivity index (χ0) is 14.3. The number of benzene rings is 1. The topological polar surface area (TPSA) is 50.4 Å². The van der Waals surface area contributed by atoms with Gasteiger partial charge in [-0.2, -0.15) is 0 Å². The van der Waals surface area contributed by atoms with E-state index in [0.717, 1.165) is 5.70 Å². The minimum absolute atomic E-state index is 0.130. The van der Waals surface area contributed by atoms with Crippen molar-refractivity contribution in [2.75, 3.05) is 20.2 Å². The van der Waals surface area contributed by atoms with Crippen LogP contribution >= 0.6 is 0 Å². The molecule has 0 aliphatic rings. The molecular weight excluding hydrogens is 247 g/mol. The zero-order valence-electron chi connectivity index (χ0n) is 11.3. The summed E-state index contributed by atoms with van der Waals surface area (Å²) in [5, 5.41) is 5.57. The SMILES string of the molecule is C=C(CCNC(=O)COc1ccc(C)c(F)c1)NC. The second kappa shape index (κ2) is 7.41. The molecule has 1 amide bonds. The lowest BCUT2D eigenvalue weighted by atomic mass is 10.2. The molecule has 0 heterocycles. The highest BCUT2D eigenvalue weighted by Crippen LogP contribution is 2.15. The highest BCUT2D eigenvalue weighted by atomic mass is 19.1. The Balaban J connectivity index is 2.30. The molecule has 0 aromatic heterocycles. The van der Waals surface area contributed by atoms with Gasteiger partial charge >= 0.3 is 0 Å². The minimum Gasteiger partial charge on any atom is -0.484 e. The highest BCUT2D eigenvalue weighted by Gasteiger charge is 2.04. The van der Waals surface area contributed by atoms with E-state index in [-0.39, 0.29) is 18.3 Å². The van der Waals surface area contributed by atoms with Crippen LogP contribution in [0.25, 0.3) is 0 Å². The summed E-state index contributed by atoms with van der Waals surface area (Å²) in [6.07, 6.45) is 0.654. The van der Waals surface area contributed by atoms with Crippen molar-refractivity contribution in [3.63, 3.8) is 0 Å². The van der Waals surface area contributed by atoms with E-state index in [2.05, 4.69) is 17.2 Å². The third-order valence-electron chi connectivity index (χ3n) is 2.62. The number of hydrogen-bond acceptors (Lipinski definition) is 3. The molecule has 0 unspecified atom stereocenters. The summed E-state index contributed by atoms with van der Waals surface area (Å²) < 4.78 is 18.4. The van der Waals surface area contributed by atoms with Gasteiger partial charge in [0.25, 0.3) is 5.91 Å². The Morgan fingerprint density at radius 3 is 2.84 bits per heavy atom. The number of hydrogen-bond donors (Lipinski definition) is 2. The van der Waals surface area contributed by atoms with Crippen molar-refractivity contribution in [1.29, 1.82) is 0 Å². The largest absolute Gasteiger partial charge is 0.484 e. The van der Waals surface area contributed by atoms with Gasteiger partial charge in [0.05, 0.1) is 0 Å². The Labute approximate surface area is 112 Å². The number of ether oxygens (including phenoxy) is 1. The first-order chi connectivity index (χ1) is 9.02. The first-order valence-corrected chi connectivity index (χ1v) is 6.04. The summed E-state index contributed by atoms with van der Waals surface area (Å²) in [6, 6.07) is 4.51. The van der Waals surface area contributed by atoms with Crippen molar-refractivity contribution in [2.45, 2.75) is 13.3 Å². The maximum absolute atomic E-state index is 13.2. The molecular formula is C14H19FN2O2. The second-order valence-corrected chi connectivity index (χ2v) is 4.15. The van der Waals surface area contributed by atoms with Crippen molar-refractivity contribution in [3.05, 3.63) is 41.9 Å². The Hall–Kier alpha value is -2.04. The lowest BCUT2D eigenvalue weighted by Crippen LogP contribution is -2.30. The van der Waals surface area contributed by atoms with Crippen LogP contribution in [-0.2, 0) is 4.79 Å². The number of aryl methyl sites for hydroxylation is 1. The Morgan fingerprint density at radius 1 is 1.47 bits per heavy atom. The summed E-state index contributed by atoms with van der Waals surface area (Å²) in [5.74, 6) is -0.244. The molecule has 2 N–H and O–H groups in total. The summed E-state index contributed by atoms with van der Waals surface area (Å²) in [6.45, 7) is 5.77. The fourth-order valence-electron chi connectivity index (χ4n) is 1.34. The van der Waals surface area contributed by atoms with Gasteiger partial charge < -0.3 is 15.4 Å². The lowest BCUT2D eigenvalue weighted by Gasteiger charge is -2.09. The molecule has 19 heavy (non-hydrogen) atoms. The van der Waals surface area contributed by atoms with Crippen LogP contribution in [-0.4, -0.2) is 26.1 Å². The first-order valence-electron chi connectivity index (χ1n) is 6.04. The van der Waals surface area contributed by atoms with Crippen LogP contribution in [0.15, 0.2) is 30.5 Å².